The van der Waals surface area contributed by atoms with Crippen molar-refractivity contribution in [1.29, 1.82) is 0 Å². The Bertz CT molecular complexity index is 264. The summed E-state index contributed by atoms with van der Waals surface area (Å²) in [6.07, 6.45) is 2.52. The number of hydrogen-bond donors (Lipinski definition) is 1. The zero-order valence-electron chi connectivity index (χ0n) is 9.10. The number of carbonyl (C=O) groups is 2. The zero-order chi connectivity index (χ0) is 12.1. The molecule has 1 amide bonds. The summed E-state index contributed by atoms with van der Waals surface area (Å²) in [5.41, 5.74) is 4.17. The minimum Gasteiger partial charge on any atom is -0.470 e. The fourth-order valence-corrected chi connectivity index (χ4v) is 1.15. The Morgan fingerprint density at radius 3 is 2.40 bits per heavy atom. The predicted octanol–water partition coefficient (Wildman–Crippen LogP) is 1.48. The molecule has 6 heteroatoms. The number of thiazole rings is 1. The number of ether oxygens (including phenoxy) is 1. The van der Waals surface area contributed by atoms with E-state index in [0.29, 0.717) is 16.7 Å². The lowest BCUT2D eigenvalue weighted by molar-refractivity contribution is -0.106. The molecule has 0 aliphatic rings. The number of nitrogens with two attached hydrogens (primary N) is 1. The summed E-state index contributed by atoms with van der Waals surface area (Å²) in [5.74, 6) is 0. The third kappa shape index (κ3) is 8.89. The van der Waals surface area contributed by atoms with Gasteiger partial charge in [-0.05, 0) is 6.92 Å². The van der Waals surface area contributed by atoms with Gasteiger partial charge in [0.2, 0.25) is 6.41 Å². The Hall–Kier alpha value is -1.43. The number of rotatable bonds is 3. The molecular formula is C9H16N2O3S. The third-order valence-electron chi connectivity index (χ3n) is 0.886. The fourth-order valence-electron chi connectivity index (χ4n) is 0.515. The first-order valence-electron chi connectivity index (χ1n) is 4.47. The Morgan fingerprint density at radius 2 is 2.07 bits per heavy atom. The minimum atomic E-state index is 0.250. The molecule has 1 aromatic heterocycles. The van der Waals surface area contributed by atoms with E-state index in [1.165, 1.54) is 17.5 Å². The van der Waals surface area contributed by atoms with Crippen molar-refractivity contribution in [1.82, 2.24) is 4.98 Å². The van der Waals surface area contributed by atoms with Crippen molar-refractivity contribution in [3.05, 3.63) is 11.1 Å². The Kier molecular flexibility index (Phi) is 13.4. The predicted molar refractivity (Wildman–Crippen MR) is 60.3 cm³/mol. The van der Waals surface area contributed by atoms with Gasteiger partial charge in [0.15, 0.2) is 6.29 Å². The normalized spacial score (nSPS) is 7.40. The van der Waals surface area contributed by atoms with E-state index in [4.69, 9.17) is 9.53 Å². The van der Waals surface area contributed by atoms with E-state index in [9.17, 15) is 4.79 Å². The molecule has 0 aromatic carbocycles. The maximum Gasteiger partial charge on any atom is 0.273 e. The van der Waals surface area contributed by atoms with Gasteiger partial charge in [0.1, 0.15) is 0 Å². The maximum absolute atomic E-state index is 10.1. The summed E-state index contributed by atoms with van der Waals surface area (Å²) in [6, 6.07) is 0. The molecule has 0 fully saturated rings. The second kappa shape index (κ2) is 12.6. The number of hydrogen-bond acceptors (Lipinski definition) is 5. The molecule has 0 bridgehead atoms. The zero-order valence-corrected chi connectivity index (χ0v) is 9.91. The molecule has 0 atom stereocenters. The first kappa shape index (κ1) is 16.0. The van der Waals surface area contributed by atoms with E-state index in [2.05, 4.69) is 10.7 Å². The van der Waals surface area contributed by atoms with Gasteiger partial charge in [-0.3, -0.25) is 9.59 Å². The van der Waals surface area contributed by atoms with Crippen LogP contribution < -0.4 is 10.5 Å². The highest BCUT2D eigenvalue weighted by atomic mass is 32.1. The topological polar surface area (TPSA) is 82.3 Å². The van der Waals surface area contributed by atoms with Crippen LogP contribution >= 0.6 is 11.3 Å². The van der Waals surface area contributed by atoms with Crippen LogP contribution in [0.1, 0.15) is 30.4 Å². The van der Waals surface area contributed by atoms with Gasteiger partial charge in [-0.25, -0.2) is 4.98 Å². The molecule has 1 heterocycles. The number of nitrogens with zero attached hydrogens (tertiary/aromatic N) is 1. The largest absolute Gasteiger partial charge is 0.470 e. The van der Waals surface area contributed by atoms with Crippen LogP contribution in [0.4, 0.5) is 0 Å². The summed E-state index contributed by atoms with van der Waals surface area (Å²) in [7, 11) is 0. The Balaban J connectivity index is 0. The molecule has 2 N–H and O–H groups in total. The van der Waals surface area contributed by atoms with Gasteiger partial charge in [-0.1, -0.05) is 25.2 Å². The second-order valence-corrected chi connectivity index (χ2v) is 2.74. The molecule has 0 aliphatic heterocycles. The van der Waals surface area contributed by atoms with Crippen molar-refractivity contribution in [2.75, 3.05) is 6.61 Å². The highest BCUT2D eigenvalue weighted by molar-refractivity contribution is 7.15. The lowest BCUT2D eigenvalue weighted by atomic mass is 10.6. The Labute approximate surface area is 93.3 Å². The molecule has 0 spiro atoms. The van der Waals surface area contributed by atoms with E-state index >= 15 is 0 Å². The molecule has 0 saturated heterocycles. The van der Waals surface area contributed by atoms with Crippen molar-refractivity contribution in [3.63, 3.8) is 0 Å². The average molecular weight is 232 g/mol. The number of aromatic nitrogens is 1. The third-order valence-corrected chi connectivity index (χ3v) is 1.72. The molecule has 5 nitrogen and oxygen atoms in total. The summed E-state index contributed by atoms with van der Waals surface area (Å²) in [5, 5.41) is 0.560. The van der Waals surface area contributed by atoms with Crippen molar-refractivity contribution in [2.45, 2.75) is 20.8 Å². The van der Waals surface area contributed by atoms with Crippen LogP contribution in [-0.2, 0) is 4.79 Å². The molecule has 15 heavy (non-hydrogen) atoms. The number of primary amides is 1. The van der Waals surface area contributed by atoms with Crippen molar-refractivity contribution < 1.29 is 14.3 Å². The van der Waals surface area contributed by atoms with Crippen LogP contribution in [0, 0.1) is 0 Å². The van der Waals surface area contributed by atoms with Crippen molar-refractivity contribution >= 4 is 24.0 Å². The summed E-state index contributed by atoms with van der Waals surface area (Å²) in [6.45, 7) is 6.47. The monoisotopic (exact) mass is 232 g/mol. The quantitative estimate of drug-likeness (QED) is 0.800. The highest BCUT2D eigenvalue weighted by Crippen LogP contribution is 2.18. The molecule has 1 aromatic rings. The molecular weight excluding hydrogens is 216 g/mol. The van der Waals surface area contributed by atoms with E-state index in [0.717, 1.165) is 6.29 Å². The van der Waals surface area contributed by atoms with Gasteiger partial charge in [0, 0.05) is 0 Å². The van der Waals surface area contributed by atoms with Crippen LogP contribution in [0.3, 0.4) is 0 Å². The molecule has 1 rings (SSSR count). The van der Waals surface area contributed by atoms with E-state index < -0.39 is 0 Å². The lowest BCUT2D eigenvalue weighted by Crippen LogP contribution is -1.88. The Morgan fingerprint density at radius 1 is 1.53 bits per heavy atom. The van der Waals surface area contributed by atoms with Gasteiger partial charge in [0.05, 0.1) is 17.7 Å². The van der Waals surface area contributed by atoms with Crippen LogP contribution in [0.5, 0.6) is 5.19 Å². The van der Waals surface area contributed by atoms with Crippen LogP contribution in [0.25, 0.3) is 0 Å². The van der Waals surface area contributed by atoms with Crippen molar-refractivity contribution in [2.24, 2.45) is 5.73 Å². The molecule has 0 radical (unpaired) electrons. The maximum atomic E-state index is 10.1. The van der Waals surface area contributed by atoms with E-state index in [1.807, 2.05) is 20.8 Å². The number of aldehydes is 1. The minimum absolute atomic E-state index is 0.250. The smallest absolute Gasteiger partial charge is 0.273 e. The standard InChI is InChI=1S/C6H7NO2S.C2H6.CH3NO/c1-2-9-6-7-3-5(4-8)10-6;1-2;2-1-3/h3-4H,2H2,1H3;1-2H3;1H,(H2,2,3). The molecule has 0 unspecified atom stereocenters. The average Bonchev–Trinajstić information content (AvgIpc) is 2.70. The molecule has 0 saturated carbocycles. The van der Waals surface area contributed by atoms with Gasteiger partial charge in [-0.2, -0.15) is 0 Å². The van der Waals surface area contributed by atoms with Gasteiger partial charge < -0.3 is 10.5 Å². The first-order chi connectivity index (χ1) is 7.28. The van der Waals surface area contributed by atoms with Gasteiger partial charge >= 0.3 is 0 Å². The highest BCUT2D eigenvalue weighted by Gasteiger charge is 1.98. The summed E-state index contributed by atoms with van der Waals surface area (Å²) < 4.78 is 5.04. The van der Waals surface area contributed by atoms with Crippen LogP contribution in [-0.4, -0.2) is 24.3 Å². The SMILES string of the molecule is CC.CCOc1ncc(C=O)s1.NC=O. The number of carbonyl (C=O) groups excluding carboxylic acids is 2. The van der Waals surface area contributed by atoms with Crippen LogP contribution in [0.15, 0.2) is 6.20 Å². The summed E-state index contributed by atoms with van der Waals surface area (Å²) in [4.78, 5) is 23.2. The second-order valence-electron chi connectivity index (χ2n) is 1.72. The van der Waals surface area contributed by atoms with Crippen LogP contribution in [0.2, 0.25) is 0 Å². The van der Waals surface area contributed by atoms with E-state index in [1.54, 1.807) is 0 Å². The fraction of sp³-hybridized carbons (Fsp3) is 0.444. The van der Waals surface area contributed by atoms with Crippen molar-refractivity contribution in [3.8, 4) is 5.19 Å². The van der Waals surface area contributed by atoms with Gasteiger partial charge in [0.25, 0.3) is 5.19 Å². The molecule has 0 aliphatic carbocycles. The van der Waals surface area contributed by atoms with E-state index in [-0.39, 0.29) is 6.41 Å². The summed E-state index contributed by atoms with van der Waals surface area (Å²) >= 11 is 1.26. The lowest BCUT2D eigenvalue weighted by Gasteiger charge is -1.92. The molecule has 86 valence electrons. The first-order valence-corrected chi connectivity index (χ1v) is 5.29. The van der Waals surface area contributed by atoms with Gasteiger partial charge in [-0.15, -0.1) is 0 Å². The number of amides is 1.